The van der Waals surface area contributed by atoms with Gasteiger partial charge in [0, 0.05) is 33.4 Å². The molecule has 3 rings (SSSR count). The average Bonchev–Trinajstić information content (AvgIpc) is 2.92. The molecule has 1 aromatic carbocycles. The number of benzene rings is 1. The third kappa shape index (κ3) is 3.85. The lowest BCUT2D eigenvalue weighted by Gasteiger charge is -2.33. The Morgan fingerprint density at radius 2 is 1.91 bits per heavy atom. The Hall–Kier alpha value is -2.01. The minimum atomic E-state index is 0.777. The molecule has 5 nitrogen and oxygen atoms in total. The van der Waals surface area contributed by atoms with E-state index >= 15 is 0 Å². The smallest absolute Gasteiger partial charge is 0.152 e. The lowest BCUT2D eigenvalue weighted by molar-refractivity contribution is 0.286. The highest BCUT2D eigenvalue weighted by molar-refractivity contribution is 5.99. The van der Waals surface area contributed by atoms with E-state index in [9.17, 15) is 0 Å². The first kappa shape index (κ1) is 15.9. The molecule has 2 aliphatic rings. The molecule has 0 radical (unpaired) electrons. The first-order valence-corrected chi connectivity index (χ1v) is 8.33. The van der Waals surface area contributed by atoms with Crippen molar-refractivity contribution in [1.29, 1.82) is 0 Å². The van der Waals surface area contributed by atoms with E-state index in [0.29, 0.717) is 0 Å². The van der Waals surface area contributed by atoms with Crippen molar-refractivity contribution in [2.45, 2.75) is 13.3 Å². The van der Waals surface area contributed by atoms with Crippen molar-refractivity contribution in [2.75, 3.05) is 47.1 Å². The van der Waals surface area contributed by atoms with E-state index in [1.165, 1.54) is 16.8 Å². The molecule has 0 unspecified atom stereocenters. The number of likely N-dealkylation sites (N-methyl/N-ethyl adjacent to an activating group) is 1. The van der Waals surface area contributed by atoms with E-state index in [0.717, 1.165) is 45.2 Å². The summed E-state index contributed by atoms with van der Waals surface area (Å²) in [5, 5.41) is 3.55. The summed E-state index contributed by atoms with van der Waals surface area (Å²) >= 11 is 0. The van der Waals surface area contributed by atoms with Gasteiger partial charge in [-0.2, -0.15) is 0 Å². The van der Waals surface area contributed by atoms with Crippen molar-refractivity contribution in [3.63, 3.8) is 0 Å². The van der Waals surface area contributed by atoms with Crippen LogP contribution in [0.1, 0.15) is 11.1 Å². The number of aryl methyl sites for hydroxylation is 1. The van der Waals surface area contributed by atoms with Gasteiger partial charge in [0.15, 0.2) is 5.84 Å². The van der Waals surface area contributed by atoms with Crippen LogP contribution in [0, 0.1) is 6.92 Å². The van der Waals surface area contributed by atoms with Gasteiger partial charge in [-0.3, -0.25) is 0 Å². The van der Waals surface area contributed by atoms with Crippen molar-refractivity contribution < 1.29 is 0 Å². The molecular formula is C18H27N5. The highest BCUT2D eigenvalue weighted by atomic mass is 15.4. The van der Waals surface area contributed by atoms with Crippen molar-refractivity contribution in [3.05, 3.63) is 47.3 Å². The zero-order valence-electron chi connectivity index (χ0n) is 14.4. The van der Waals surface area contributed by atoms with Gasteiger partial charge in [-0.05, 0) is 25.5 Å². The van der Waals surface area contributed by atoms with Gasteiger partial charge in [-0.15, -0.1) is 0 Å². The van der Waals surface area contributed by atoms with Gasteiger partial charge in [0.05, 0.1) is 12.4 Å². The summed E-state index contributed by atoms with van der Waals surface area (Å²) in [6.45, 7) is 6.81. The zero-order valence-corrected chi connectivity index (χ0v) is 14.4. The van der Waals surface area contributed by atoms with E-state index in [1.807, 2.05) is 0 Å². The highest BCUT2D eigenvalue weighted by Crippen LogP contribution is 2.20. The highest BCUT2D eigenvalue weighted by Gasteiger charge is 2.28. The number of hydrogen-bond donors (Lipinski definition) is 1. The molecule has 1 aromatic rings. The molecule has 0 fully saturated rings. The Bertz CT molecular complexity index is 590. The number of rotatable bonds is 6. The summed E-state index contributed by atoms with van der Waals surface area (Å²) in [7, 11) is 4.21. The Morgan fingerprint density at radius 3 is 2.70 bits per heavy atom. The second-order valence-corrected chi connectivity index (χ2v) is 6.48. The third-order valence-corrected chi connectivity index (χ3v) is 4.37. The van der Waals surface area contributed by atoms with Crippen LogP contribution in [0.15, 0.2) is 41.2 Å². The fourth-order valence-electron chi connectivity index (χ4n) is 3.08. The maximum atomic E-state index is 4.66. The van der Waals surface area contributed by atoms with Crippen LogP contribution < -0.4 is 5.32 Å². The lowest BCUT2D eigenvalue weighted by atomic mass is 10.1. The predicted octanol–water partition coefficient (Wildman–Crippen LogP) is 1.47. The molecule has 0 aromatic heterocycles. The van der Waals surface area contributed by atoms with Crippen LogP contribution in [0.5, 0.6) is 0 Å². The molecule has 0 saturated heterocycles. The lowest BCUT2D eigenvalue weighted by Crippen LogP contribution is -2.43. The molecule has 0 bridgehead atoms. The van der Waals surface area contributed by atoms with Crippen LogP contribution in [-0.2, 0) is 6.42 Å². The zero-order chi connectivity index (χ0) is 16.2. The van der Waals surface area contributed by atoms with Gasteiger partial charge in [0.2, 0.25) is 0 Å². The van der Waals surface area contributed by atoms with Gasteiger partial charge in [-0.25, -0.2) is 4.99 Å². The largest absolute Gasteiger partial charge is 0.361 e. The van der Waals surface area contributed by atoms with E-state index in [1.54, 1.807) is 0 Å². The Labute approximate surface area is 139 Å². The molecule has 0 atom stereocenters. The second kappa shape index (κ2) is 7.04. The van der Waals surface area contributed by atoms with E-state index in [-0.39, 0.29) is 0 Å². The molecule has 23 heavy (non-hydrogen) atoms. The number of amidine groups is 1. The molecular weight excluding hydrogens is 286 g/mol. The van der Waals surface area contributed by atoms with Crippen molar-refractivity contribution in [2.24, 2.45) is 4.99 Å². The molecule has 2 heterocycles. The number of aliphatic imine (C=N–C) groups is 1. The van der Waals surface area contributed by atoms with Crippen LogP contribution in [0.2, 0.25) is 0 Å². The van der Waals surface area contributed by atoms with Gasteiger partial charge < -0.3 is 20.0 Å². The summed E-state index contributed by atoms with van der Waals surface area (Å²) in [5.41, 5.74) is 3.97. The molecule has 0 spiro atoms. The normalized spacial score (nSPS) is 17.3. The molecule has 0 saturated carbocycles. The number of nitrogens with one attached hydrogen (secondary N) is 1. The standard InChI is InChI=1S/C18H27N5/c1-15-4-6-16(7-5-15)8-9-19-10-11-23-13-20-18-17(23)12-21(2)14-22(18)3/h4-7,12,19H,8-11,13-14H2,1-3H3. The molecule has 1 N–H and O–H groups in total. The van der Waals surface area contributed by atoms with Gasteiger partial charge in [0.1, 0.15) is 6.67 Å². The average molecular weight is 313 g/mol. The monoisotopic (exact) mass is 313 g/mol. The second-order valence-electron chi connectivity index (χ2n) is 6.48. The summed E-state index contributed by atoms with van der Waals surface area (Å²) in [6.07, 6.45) is 3.29. The van der Waals surface area contributed by atoms with Crippen LogP contribution in [0.4, 0.5) is 0 Å². The van der Waals surface area contributed by atoms with Crippen LogP contribution in [0.3, 0.4) is 0 Å². The van der Waals surface area contributed by atoms with Crippen LogP contribution in [0.25, 0.3) is 0 Å². The maximum Gasteiger partial charge on any atom is 0.152 e. The Kier molecular flexibility index (Phi) is 4.86. The van der Waals surface area contributed by atoms with Crippen LogP contribution >= 0.6 is 0 Å². The molecule has 0 amide bonds. The summed E-state index contributed by atoms with van der Waals surface area (Å²) < 4.78 is 0. The van der Waals surface area contributed by atoms with E-state index in [2.05, 4.69) is 76.5 Å². The van der Waals surface area contributed by atoms with Crippen molar-refractivity contribution in [3.8, 4) is 0 Å². The van der Waals surface area contributed by atoms with Gasteiger partial charge in [-0.1, -0.05) is 29.8 Å². The third-order valence-electron chi connectivity index (χ3n) is 4.37. The topological polar surface area (TPSA) is 34.1 Å². The summed E-state index contributed by atoms with van der Waals surface area (Å²) in [6, 6.07) is 8.80. The predicted molar refractivity (Wildman–Crippen MR) is 95.2 cm³/mol. The molecule has 2 aliphatic heterocycles. The van der Waals surface area contributed by atoms with Crippen LogP contribution in [-0.4, -0.2) is 67.6 Å². The molecule has 5 heteroatoms. The fraction of sp³-hybridized carbons (Fsp3) is 0.500. The Morgan fingerprint density at radius 1 is 1.13 bits per heavy atom. The first-order valence-electron chi connectivity index (χ1n) is 8.33. The number of nitrogens with zero attached hydrogens (tertiary/aromatic N) is 4. The first-order chi connectivity index (χ1) is 11.1. The minimum Gasteiger partial charge on any atom is -0.361 e. The van der Waals surface area contributed by atoms with Gasteiger partial charge in [0.25, 0.3) is 0 Å². The Balaban J connectivity index is 1.41. The van der Waals surface area contributed by atoms with Crippen molar-refractivity contribution >= 4 is 5.84 Å². The SMILES string of the molecule is Cc1ccc(CCNCCN2CN=C3C2=CN(C)CN3C)cc1. The van der Waals surface area contributed by atoms with E-state index in [4.69, 9.17) is 0 Å². The molecule has 0 aliphatic carbocycles. The summed E-state index contributed by atoms with van der Waals surface area (Å²) in [4.78, 5) is 11.4. The summed E-state index contributed by atoms with van der Waals surface area (Å²) in [5.74, 6) is 1.13. The molecule has 124 valence electrons. The van der Waals surface area contributed by atoms with Gasteiger partial charge >= 0.3 is 0 Å². The maximum absolute atomic E-state index is 4.66. The number of fused-ring (bicyclic) bond motifs is 1. The minimum absolute atomic E-state index is 0.777. The quantitative estimate of drug-likeness (QED) is 0.807. The fourth-order valence-corrected chi connectivity index (χ4v) is 3.08. The van der Waals surface area contributed by atoms with Crippen molar-refractivity contribution in [1.82, 2.24) is 20.0 Å². The van der Waals surface area contributed by atoms with E-state index < -0.39 is 0 Å². The number of hydrogen-bond acceptors (Lipinski definition) is 5.